The van der Waals surface area contributed by atoms with Crippen LogP contribution in [0.3, 0.4) is 0 Å². The molecule has 9 heteroatoms. The van der Waals surface area contributed by atoms with Crippen LogP contribution in [0, 0.1) is 0 Å². The van der Waals surface area contributed by atoms with Gasteiger partial charge in [0.25, 0.3) is 0 Å². The van der Waals surface area contributed by atoms with Crippen LogP contribution >= 0.6 is 7.82 Å². The molecule has 0 heterocycles. The van der Waals surface area contributed by atoms with E-state index in [4.69, 9.17) is 18.5 Å². The van der Waals surface area contributed by atoms with Crippen molar-refractivity contribution < 1.29 is 37.3 Å². The lowest BCUT2D eigenvalue weighted by atomic mass is 10.1. The molecule has 0 bridgehead atoms. The molecule has 0 fully saturated rings. The SMILES string of the molecule is CCCCCCC/C=C\C/C=C\CCCCCCCCCCCC(=O)OC(COCCCCCCCCCCCCCC)COP(=O)(O)OCC[N+](C)(C)C. The molecule has 1 N–H and O–H groups in total. The quantitative estimate of drug-likeness (QED) is 0.0216. The summed E-state index contributed by atoms with van der Waals surface area (Å²) >= 11 is 0. The number of carbonyl (C=O) groups excluding carboxylic acids is 1. The Balaban J connectivity index is 4.15. The zero-order valence-corrected chi connectivity index (χ0v) is 37.8. The molecule has 0 rings (SSSR count). The predicted octanol–water partition coefficient (Wildman–Crippen LogP) is 13.6. The highest BCUT2D eigenvalue weighted by atomic mass is 31.2. The Morgan fingerprint density at radius 3 is 1.47 bits per heavy atom. The van der Waals surface area contributed by atoms with Crippen molar-refractivity contribution in [3.8, 4) is 0 Å². The van der Waals surface area contributed by atoms with Gasteiger partial charge in [0.1, 0.15) is 19.3 Å². The zero-order valence-electron chi connectivity index (χ0n) is 36.9. The van der Waals surface area contributed by atoms with Crippen molar-refractivity contribution >= 4 is 13.8 Å². The van der Waals surface area contributed by atoms with Gasteiger partial charge in [0.05, 0.1) is 34.4 Å². The van der Waals surface area contributed by atoms with E-state index >= 15 is 0 Å². The van der Waals surface area contributed by atoms with Crippen LogP contribution in [0.2, 0.25) is 0 Å². The Hall–Kier alpha value is -1.02. The summed E-state index contributed by atoms with van der Waals surface area (Å²) in [5.41, 5.74) is 0. The molecule has 8 nitrogen and oxygen atoms in total. The van der Waals surface area contributed by atoms with Crippen LogP contribution in [0.5, 0.6) is 0 Å². The van der Waals surface area contributed by atoms with E-state index in [9.17, 15) is 14.3 Å². The van der Waals surface area contributed by atoms with Crippen molar-refractivity contribution in [1.82, 2.24) is 0 Å². The van der Waals surface area contributed by atoms with E-state index in [-0.39, 0.29) is 25.8 Å². The second-order valence-corrected chi connectivity index (χ2v) is 18.2. The minimum Gasteiger partial charge on any atom is -0.457 e. The van der Waals surface area contributed by atoms with E-state index in [0.29, 0.717) is 24.1 Å². The third-order valence-electron chi connectivity index (χ3n) is 10.0. The van der Waals surface area contributed by atoms with E-state index in [1.54, 1.807) is 0 Å². The van der Waals surface area contributed by atoms with E-state index < -0.39 is 13.9 Å². The average molecular weight is 801 g/mol. The van der Waals surface area contributed by atoms with Gasteiger partial charge < -0.3 is 18.9 Å². The lowest BCUT2D eigenvalue weighted by molar-refractivity contribution is -0.870. The number of ether oxygens (including phenoxy) is 2. The fourth-order valence-electron chi connectivity index (χ4n) is 6.41. The number of unbranched alkanes of at least 4 members (excludes halogenated alkanes) is 25. The first-order chi connectivity index (χ1) is 26.6. The number of hydrogen-bond donors (Lipinski definition) is 1. The van der Waals surface area contributed by atoms with Crippen LogP contribution in [0.4, 0.5) is 0 Å². The summed E-state index contributed by atoms with van der Waals surface area (Å²) in [6.45, 7) is 5.63. The Labute approximate surface area is 341 Å². The number of nitrogens with zero attached hydrogens (tertiary/aromatic N) is 1. The van der Waals surface area contributed by atoms with Crippen molar-refractivity contribution in [3.63, 3.8) is 0 Å². The Morgan fingerprint density at radius 2 is 1.00 bits per heavy atom. The predicted molar refractivity (Wildman–Crippen MR) is 233 cm³/mol. The van der Waals surface area contributed by atoms with Crippen LogP contribution in [0.25, 0.3) is 0 Å². The van der Waals surface area contributed by atoms with Crippen molar-refractivity contribution in [1.29, 1.82) is 0 Å². The minimum atomic E-state index is -4.27. The maximum Gasteiger partial charge on any atom is 0.472 e. The van der Waals surface area contributed by atoms with Crippen LogP contribution in [-0.4, -0.2) is 75.6 Å². The number of likely N-dealkylation sites (N-methyl/N-ethyl adjacent to an activating group) is 1. The molecule has 0 saturated carbocycles. The van der Waals surface area contributed by atoms with Gasteiger partial charge in [-0.15, -0.1) is 0 Å². The van der Waals surface area contributed by atoms with Crippen molar-refractivity contribution in [3.05, 3.63) is 24.3 Å². The minimum absolute atomic E-state index is 0.0897. The molecule has 326 valence electrons. The molecule has 0 aliphatic rings. The molecular formula is C46H91NO7P+. The first-order valence-electron chi connectivity index (χ1n) is 23.1. The summed E-state index contributed by atoms with van der Waals surface area (Å²) < 4.78 is 35.0. The van der Waals surface area contributed by atoms with Gasteiger partial charge in [-0.25, -0.2) is 4.57 Å². The van der Waals surface area contributed by atoms with Gasteiger partial charge in [-0.3, -0.25) is 13.8 Å². The lowest BCUT2D eigenvalue weighted by Gasteiger charge is -2.24. The van der Waals surface area contributed by atoms with E-state index in [2.05, 4.69) is 38.2 Å². The molecule has 0 amide bonds. The highest BCUT2D eigenvalue weighted by molar-refractivity contribution is 7.47. The molecule has 0 aliphatic heterocycles. The van der Waals surface area contributed by atoms with Crippen LogP contribution < -0.4 is 0 Å². The van der Waals surface area contributed by atoms with Gasteiger partial charge in [0, 0.05) is 13.0 Å². The topological polar surface area (TPSA) is 91.3 Å². The van der Waals surface area contributed by atoms with Crippen LogP contribution in [-0.2, 0) is 27.9 Å². The standard InChI is InChI=1S/C46H90NO7P/c1-6-8-10-12-14-16-18-20-21-22-23-24-25-26-27-28-29-31-33-35-37-39-46(48)54-45(44-53-55(49,50)52-42-40-47(3,4)5)43-51-41-38-36-34-32-30-19-17-15-13-11-9-7-2/h18,20,22-23,45H,6-17,19,21,24-44H2,1-5H3/p+1/b20-18-,23-22-. The highest BCUT2D eigenvalue weighted by Gasteiger charge is 2.26. The molecule has 0 aromatic rings. The van der Waals surface area contributed by atoms with E-state index in [1.807, 2.05) is 21.1 Å². The normalized spacial score (nSPS) is 13.9. The largest absolute Gasteiger partial charge is 0.472 e. The number of hydrogen-bond acceptors (Lipinski definition) is 6. The number of esters is 1. The van der Waals surface area contributed by atoms with E-state index in [0.717, 1.165) is 38.5 Å². The molecule has 2 atom stereocenters. The molecule has 0 aromatic heterocycles. The Kier molecular flexibility index (Phi) is 39.1. The number of quaternary nitrogens is 1. The van der Waals surface area contributed by atoms with Gasteiger partial charge in [-0.1, -0.05) is 179 Å². The first-order valence-corrected chi connectivity index (χ1v) is 24.6. The summed E-state index contributed by atoms with van der Waals surface area (Å²) in [5, 5.41) is 0. The Bertz CT molecular complexity index is 936. The fraction of sp³-hybridized carbons (Fsp3) is 0.891. The van der Waals surface area contributed by atoms with Gasteiger partial charge in [0.15, 0.2) is 0 Å². The summed E-state index contributed by atoms with van der Waals surface area (Å²) in [7, 11) is 1.67. The second-order valence-electron chi connectivity index (χ2n) is 16.8. The summed E-state index contributed by atoms with van der Waals surface area (Å²) in [5.74, 6) is -0.316. The first kappa shape index (κ1) is 54.0. The van der Waals surface area contributed by atoms with Gasteiger partial charge in [-0.2, -0.15) is 0 Å². The number of allylic oxidation sites excluding steroid dienone is 4. The number of rotatable bonds is 43. The van der Waals surface area contributed by atoms with Gasteiger partial charge in [0.2, 0.25) is 0 Å². The van der Waals surface area contributed by atoms with Crippen LogP contribution in [0.1, 0.15) is 206 Å². The maximum absolute atomic E-state index is 12.7. The van der Waals surface area contributed by atoms with Crippen LogP contribution in [0.15, 0.2) is 24.3 Å². The average Bonchev–Trinajstić information content (AvgIpc) is 3.13. The van der Waals surface area contributed by atoms with E-state index in [1.165, 1.54) is 148 Å². The fourth-order valence-corrected chi connectivity index (χ4v) is 7.15. The monoisotopic (exact) mass is 801 g/mol. The number of phosphoric acid groups is 1. The molecule has 55 heavy (non-hydrogen) atoms. The number of phosphoric ester groups is 1. The molecule has 0 aromatic carbocycles. The second kappa shape index (κ2) is 39.8. The maximum atomic E-state index is 12.7. The molecule has 0 saturated heterocycles. The summed E-state index contributed by atoms with van der Waals surface area (Å²) in [6.07, 6.45) is 44.9. The van der Waals surface area contributed by atoms with Gasteiger partial charge in [-0.05, 0) is 44.9 Å². The van der Waals surface area contributed by atoms with Crippen molar-refractivity contribution in [2.24, 2.45) is 0 Å². The zero-order chi connectivity index (χ0) is 40.6. The summed E-state index contributed by atoms with van der Waals surface area (Å²) in [4.78, 5) is 22.9. The molecule has 0 radical (unpaired) electrons. The van der Waals surface area contributed by atoms with Crippen molar-refractivity contribution in [2.75, 3.05) is 54.1 Å². The third-order valence-corrected chi connectivity index (χ3v) is 11.0. The molecule has 0 spiro atoms. The smallest absolute Gasteiger partial charge is 0.457 e. The lowest BCUT2D eigenvalue weighted by Crippen LogP contribution is -2.37. The molecule has 2 unspecified atom stereocenters. The molecule has 0 aliphatic carbocycles. The Morgan fingerprint density at radius 1 is 0.564 bits per heavy atom. The molecular weight excluding hydrogens is 709 g/mol. The van der Waals surface area contributed by atoms with Gasteiger partial charge >= 0.3 is 13.8 Å². The summed E-state index contributed by atoms with van der Waals surface area (Å²) in [6, 6.07) is 0. The number of carbonyl (C=O) groups is 1. The van der Waals surface area contributed by atoms with Crippen molar-refractivity contribution in [2.45, 2.75) is 213 Å². The third kappa shape index (κ3) is 43.9. The highest BCUT2D eigenvalue weighted by Crippen LogP contribution is 2.43.